The van der Waals surface area contributed by atoms with Gasteiger partial charge in [0.05, 0.1) is 27.4 Å². The molecule has 6 heteroatoms. The summed E-state index contributed by atoms with van der Waals surface area (Å²) in [5, 5.41) is 4.22. The van der Waals surface area contributed by atoms with Crippen molar-refractivity contribution in [2.75, 3.05) is 21.3 Å². The van der Waals surface area contributed by atoms with E-state index in [9.17, 15) is 4.79 Å². The molecule has 3 aromatic rings. The monoisotopic (exact) mass is 382 g/mol. The number of rotatable bonds is 8. The number of benzene rings is 2. The maximum Gasteiger partial charge on any atom is 0.222 e. The molecule has 6 nitrogen and oxygen atoms in total. The minimum Gasteiger partial charge on any atom is -0.493 e. The predicted octanol–water partition coefficient (Wildman–Crippen LogP) is 3.93. The summed E-state index contributed by atoms with van der Waals surface area (Å²) in [7, 11) is 4.72. The van der Waals surface area contributed by atoms with E-state index in [0.717, 1.165) is 11.1 Å². The normalized spacial score (nSPS) is 11.9. The maximum atomic E-state index is 12.5. The first kappa shape index (κ1) is 19.6. The Hall–Kier alpha value is -3.15. The van der Waals surface area contributed by atoms with Crippen molar-refractivity contribution >= 4 is 16.8 Å². The fourth-order valence-corrected chi connectivity index (χ4v) is 3.31. The van der Waals surface area contributed by atoms with E-state index in [1.807, 2.05) is 37.4 Å². The average Bonchev–Trinajstić information content (AvgIpc) is 3.14. The predicted molar refractivity (Wildman–Crippen MR) is 109 cm³/mol. The zero-order valence-corrected chi connectivity index (χ0v) is 16.7. The molecule has 1 heterocycles. The third-order valence-corrected chi connectivity index (χ3v) is 4.82. The molecule has 0 spiro atoms. The number of aromatic nitrogens is 1. The molecule has 1 atom stereocenters. The van der Waals surface area contributed by atoms with Gasteiger partial charge in [-0.3, -0.25) is 4.79 Å². The lowest BCUT2D eigenvalue weighted by atomic mass is 10.1. The molecular formula is C22H26N2O4. The number of fused-ring (bicyclic) bond motifs is 1. The summed E-state index contributed by atoms with van der Waals surface area (Å²) in [6.07, 6.45) is 2.41. The van der Waals surface area contributed by atoms with Gasteiger partial charge in [0.15, 0.2) is 11.5 Å². The van der Waals surface area contributed by atoms with Gasteiger partial charge in [0.25, 0.3) is 0 Å². The van der Waals surface area contributed by atoms with Crippen LogP contribution in [-0.4, -0.2) is 31.8 Å². The van der Waals surface area contributed by atoms with Crippen LogP contribution >= 0.6 is 0 Å². The number of nitrogens with one attached hydrogen (secondary N) is 1. The molecule has 148 valence electrons. The minimum atomic E-state index is -0.192. The highest BCUT2D eigenvalue weighted by atomic mass is 16.5. The molecule has 1 amide bonds. The highest BCUT2D eigenvalue weighted by molar-refractivity contribution is 5.80. The molecule has 1 N–H and O–H groups in total. The first-order chi connectivity index (χ1) is 13.6. The van der Waals surface area contributed by atoms with Gasteiger partial charge in [0.2, 0.25) is 11.7 Å². The number of aryl methyl sites for hydroxylation is 1. The van der Waals surface area contributed by atoms with Gasteiger partial charge in [-0.05, 0) is 42.1 Å². The van der Waals surface area contributed by atoms with Gasteiger partial charge in [-0.1, -0.05) is 18.2 Å². The molecule has 0 aliphatic rings. The lowest BCUT2D eigenvalue weighted by Crippen LogP contribution is -2.27. The molecule has 0 saturated carbocycles. The second-order valence-electron chi connectivity index (χ2n) is 6.57. The van der Waals surface area contributed by atoms with Crippen LogP contribution < -0.4 is 19.5 Å². The zero-order valence-electron chi connectivity index (χ0n) is 16.7. The molecule has 0 radical (unpaired) electrons. The standard InChI is InChI=1S/C22H26N2O4/c1-15(17-13-19(26-2)22(28-4)20(14-17)27-3)23-21(25)10-12-24-11-9-16-7-5-6-8-18(16)24/h5-9,11,13-15H,10,12H2,1-4H3,(H,23,25). The Bertz CT molecular complexity index is 939. The molecule has 0 aliphatic carbocycles. The van der Waals surface area contributed by atoms with Crippen LogP contribution in [0.4, 0.5) is 0 Å². The van der Waals surface area contributed by atoms with Crippen LogP contribution in [-0.2, 0) is 11.3 Å². The van der Waals surface area contributed by atoms with E-state index in [4.69, 9.17) is 14.2 Å². The number of ether oxygens (including phenoxy) is 3. The second-order valence-corrected chi connectivity index (χ2v) is 6.57. The highest BCUT2D eigenvalue weighted by Crippen LogP contribution is 2.39. The van der Waals surface area contributed by atoms with Crippen LogP contribution in [0, 0.1) is 0 Å². The summed E-state index contributed by atoms with van der Waals surface area (Å²) in [6, 6.07) is 13.7. The maximum absolute atomic E-state index is 12.5. The van der Waals surface area contributed by atoms with Crippen LogP contribution in [0.1, 0.15) is 24.9 Å². The summed E-state index contributed by atoms with van der Waals surface area (Å²) in [4.78, 5) is 12.5. The van der Waals surface area contributed by atoms with Crippen molar-refractivity contribution in [2.45, 2.75) is 25.9 Å². The molecule has 0 bridgehead atoms. The SMILES string of the molecule is COc1cc(C(C)NC(=O)CCn2ccc3ccccc32)cc(OC)c1OC. The largest absolute Gasteiger partial charge is 0.493 e. The Labute approximate surface area is 165 Å². The molecule has 0 fully saturated rings. The van der Waals surface area contributed by atoms with Gasteiger partial charge in [-0.2, -0.15) is 0 Å². The number of carbonyl (C=O) groups excluding carboxylic acids is 1. The number of nitrogens with zero attached hydrogens (tertiary/aromatic N) is 1. The van der Waals surface area contributed by atoms with E-state index in [1.54, 1.807) is 21.3 Å². The average molecular weight is 382 g/mol. The summed E-state index contributed by atoms with van der Waals surface area (Å²) in [5.41, 5.74) is 2.02. The lowest BCUT2D eigenvalue weighted by Gasteiger charge is -2.19. The van der Waals surface area contributed by atoms with Crippen LogP contribution in [0.5, 0.6) is 17.2 Å². The van der Waals surface area contributed by atoms with E-state index in [-0.39, 0.29) is 11.9 Å². The summed E-state index contributed by atoms with van der Waals surface area (Å²) >= 11 is 0. The van der Waals surface area contributed by atoms with Crippen LogP contribution in [0.15, 0.2) is 48.7 Å². The number of hydrogen-bond acceptors (Lipinski definition) is 4. The molecule has 3 rings (SSSR count). The first-order valence-electron chi connectivity index (χ1n) is 9.20. The van der Waals surface area contributed by atoms with Crippen molar-refractivity contribution in [3.63, 3.8) is 0 Å². The molecular weight excluding hydrogens is 356 g/mol. The molecule has 1 unspecified atom stereocenters. The van der Waals surface area contributed by atoms with Gasteiger partial charge in [-0.25, -0.2) is 0 Å². The van der Waals surface area contributed by atoms with Crippen molar-refractivity contribution in [1.82, 2.24) is 9.88 Å². The van der Waals surface area contributed by atoms with E-state index in [0.29, 0.717) is 30.2 Å². The van der Waals surface area contributed by atoms with Crippen LogP contribution in [0.2, 0.25) is 0 Å². The lowest BCUT2D eigenvalue weighted by molar-refractivity contribution is -0.121. The third kappa shape index (κ3) is 4.06. The Kier molecular flexibility index (Phi) is 6.09. The van der Waals surface area contributed by atoms with E-state index < -0.39 is 0 Å². The van der Waals surface area contributed by atoms with Crippen molar-refractivity contribution in [1.29, 1.82) is 0 Å². The number of methoxy groups -OCH3 is 3. The van der Waals surface area contributed by atoms with Gasteiger partial charge in [0.1, 0.15) is 0 Å². The topological polar surface area (TPSA) is 61.7 Å². The molecule has 28 heavy (non-hydrogen) atoms. The van der Waals surface area contributed by atoms with Crippen molar-refractivity contribution in [2.24, 2.45) is 0 Å². The van der Waals surface area contributed by atoms with Crippen molar-refractivity contribution < 1.29 is 19.0 Å². The fourth-order valence-electron chi connectivity index (χ4n) is 3.31. The van der Waals surface area contributed by atoms with E-state index in [2.05, 4.69) is 28.1 Å². The zero-order chi connectivity index (χ0) is 20.1. The van der Waals surface area contributed by atoms with Gasteiger partial charge in [-0.15, -0.1) is 0 Å². The Balaban J connectivity index is 1.67. The van der Waals surface area contributed by atoms with Gasteiger partial charge < -0.3 is 24.1 Å². The molecule has 0 saturated heterocycles. The number of carbonyl (C=O) groups is 1. The summed E-state index contributed by atoms with van der Waals surface area (Å²) in [6.45, 7) is 2.56. The minimum absolute atomic E-state index is 0.0148. The van der Waals surface area contributed by atoms with Crippen LogP contribution in [0.3, 0.4) is 0 Å². The second kappa shape index (κ2) is 8.69. The Morgan fingerprint density at radius 3 is 2.36 bits per heavy atom. The van der Waals surface area contributed by atoms with Gasteiger partial charge >= 0.3 is 0 Å². The number of para-hydroxylation sites is 1. The molecule has 2 aromatic carbocycles. The Morgan fingerprint density at radius 2 is 1.71 bits per heavy atom. The quantitative estimate of drug-likeness (QED) is 0.641. The van der Waals surface area contributed by atoms with E-state index >= 15 is 0 Å². The fraction of sp³-hybridized carbons (Fsp3) is 0.318. The number of hydrogen-bond donors (Lipinski definition) is 1. The van der Waals surface area contributed by atoms with Crippen LogP contribution in [0.25, 0.3) is 10.9 Å². The first-order valence-corrected chi connectivity index (χ1v) is 9.20. The highest BCUT2D eigenvalue weighted by Gasteiger charge is 2.17. The molecule has 1 aromatic heterocycles. The van der Waals surface area contributed by atoms with E-state index in [1.165, 1.54) is 5.39 Å². The summed E-state index contributed by atoms with van der Waals surface area (Å²) < 4.78 is 18.2. The third-order valence-electron chi connectivity index (χ3n) is 4.82. The Morgan fingerprint density at radius 1 is 1.04 bits per heavy atom. The van der Waals surface area contributed by atoms with Crippen molar-refractivity contribution in [3.8, 4) is 17.2 Å². The molecule has 0 aliphatic heterocycles. The van der Waals surface area contributed by atoms with Crippen molar-refractivity contribution in [3.05, 3.63) is 54.2 Å². The number of amides is 1. The summed E-state index contributed by atoms with van der Waals surface area (Å²) in [5.74, 6) is 1.65. The van der Waals surface area contributed by atoms with Gasteiger partial charge in [0, 0.05) is 24.7 Å². The smallest absolute Gasteiger partial charge is 0.222 e.